The zero-order valence-electron chi connectivity index (χ0n) is 11.6. The van der Waals surface area contributed by atoms with E-state index < -0.39 is 5.97 Å². The van der Waals surface area contributed by atoms with E-state index in [4.69, 9.17) is 5.11 Å². The number of Topliss-reactive ketones (excluding diaryl/α,β-unsaturated/α-hetero) is 1. The van der Waals surface area contributed by atoms with Crippen LogP contribution in [0.4, 0.5) is 5.13 Å². The Morgan fingerprint density at radius 3 is 2.55 bits per heavy atom. The number of thiazole rings is 1. The normalized spacial score (nSPS) is 17.1. The summed E-state index contributed by atoms with van der Waals surface area (Å²) in [5.41, 5.74) is -0.144. The molecular weight excluding hydrogens is 296 g/mol. The van der Waals surface area contributed by atoms with Gasteiger partial charge in [-0.1, -0.05) is 24.2 Å². The highest BCUT2D eigenvalue weighted by Gasteiger charge is 2.33. The topological polar surface area (TPSA) is 79.3 Å². The largest absolute Gasteiger partial charge is 0.476 e. The quantitative estimate of drug-likeness (QED) is 0.785. The number of carbonyl (C=O) groups excluding carboxylic acids is 1. The zero-order valence-corrected chi connectivity index (χ0v) is 13.2. The molecule has 1 aliphatic carbocycles. The predicted molar refractivity (Wildman–Crippen MR) is 82.3 cm³/mol. The predicted octanol–water partition coefficient (Wildman–Crippen LogP) is 3.13. The fourth-order valence-electron chi connectivity index (χ4n) is 2.49. The van der Waals surface area contributed by atoms with Crippen LogP contribution in [0.25, 0.3) is 0 Å². The van der Waals surface area contributed by atoms with Crippen molar-refractivity contribution < 1.29 is 14.7 Å². The van der Waals surface area contributed by atoms with Gasteiger partial charge in [0.15, 0.2) is 16.6 Å². The minimum absolute atomic E-state index is 0.144. The number of nitrogens with one attached hydrogen (secondary N) is 1. The van der Waals surface area contributed by atoms with Crippen LogP contribution in [-0.2, 0) is 0 Å². The summed E-state index contributed by atoms with van der Waals surface area (Å²) in [5, 5.41) is 12.8. The second-order valence-corrected chi connectivity index (χ2v) is 7.28. The van der Waals surface area contributed by atoms with Gasteiger partial charge in [0.2, 0.25) is 0 Å². The average Bonchev–Trinajstić information content (AvgIpc) is 3.04. The molecule has 0 radical (unpaired) electrons. The van der Waals surface area contributed by atoms with E-state index in [0.29, 0.717) is 5.13 Å². The maximum Gasteiger partial charge on any atom is 0.356 e. The van der Waals surface area contributed by atoms with Crippen molar-refractivity contribution in [1.82, 2.24) is 4.98 Å². The summed E-state index contributed by atoms with van der Waals surface area (Å²) in [6.45, 7) is 2.13. The van der Waals surface area contributed by atoms with Crippen LogP contribution in [0.15, 0.2) is 0 Å². The first-order valence-electron chi connectivity index (χ1n) is 6.51. The molecule has 5 nitrogen and oxygen atoms in total. The van der Waals surface area contributed by atoms with Crippen molar-refractivity contribution in [2.24, 2.45) is 0 Å². The maximum absolute atomic E-state index is 11.4. The molecule has 2 rings (SSSR count). The number of carbonyl (C=O) groups is 2. The van der Waals surface area contributed by atoms with E-state index in [1.165, 1.54) is 19.8 Å². The van der Waals surface area contributed by atoms with Gasteiger partial charge in [-0.2, -0.15) is 11.8 Å². The van der Waals surface area contributed by atoms with Gasteiger partial charge in [0, 0.05) is 18.2 Å². The Balaban J connectivity index is 2.12. The van der Waals surface area contributed by atoms with Gasteiger partial charge in [0.05, 0.1) is 0 Å². The van der Waals surface area contributed by atoms with Gasteiger partial charge >= 0.3 is 5.97 Å². The summed E-state index contributed by atoms with van der Waals surface area (Å²) in [6.07, 6.45) is 6.91. The summed E-state index contributed by atoms with van der Waals surface area (Å²) in [5.74, 6) is -1.41. The van der Waals surface area contributed by atoms with Crippen LogP contribution >= 0.6 is 23.1 Å². The fourth-order valence-corrected chi connectivity index (χ4v) is 4.25. The van der Waals surface area contributed by atoms with Crippen LogP contribution in [0.5, 0.6) is 0 Å². The van der Waals surface area contributed by atoms with Crippen molar-refractivity contribution in [3.05, 3.63) is 10.6 Å². The number of carboxylic acids is 1. The molecule has 0 bridgehead atoms. The molecule has 0 saturated heterocycles. The Kier molecular flexibility index (Phi) is 4.70. The molecule has 0 aromatic carbocycles. The van der Waals surface area contributed by atoms with Crippen LogP contribution in [0, 0.1) is 0 Å². The molecule has 1 aromatic rings. The highest BCUT2D eigenvalue weighted by atomic mass is 32.2. The van der Waals surface area contributed by atoms with E-state index in [1.54, 1.807) is 0 Å². The molecule has 110 valence electrons. The second kappa shape index (κ2) is 6.13. The maximum atomic E-state index is 11.4. The molecule has 1 saturated carbocycles. The van der Waals surface area contributed by atoms with Crippen molar-refractivity contribution in [2.45, 2.75) is 37.4 Å². The number of carboxylic acid groups (broad SMARTS) is 1. The zero-order chi connectivity index (χ0) is 14.8. The van der Waals surface area contributed by atoms with Crippen molar-refractivity contribution >= 4 is 40.0 Å². The number of aromatic carboxylic acids is 1. The lowest BCUT2D eigenvalue weighted by atomic mass is 10.1. The molecule has 1 aliphatic rings. The summed E-state index contributed by atoms with van der Waals surface area (Å²) in [4.78, 5) is 26.8. The van der Waals surface area contributed by atoms with E-state index in [0.717, 1.165) is 30.7 Å². The monoisotopic (exact) mass is 314 g/mol. The van der Waals surface area contributed by atoms with Crippen molar-refractivity contribution in [3.63, 3.8) is 0 Å². The summed E-state index contributed by atoms with van der Waals surface area (Å²) in [6, 6.07) is 0. The van der Waals surface area contributed by atoms with Gasteiger partial charge in [-0.15, -0.1) is 0 Å². The van der Waals surface area contributed by atoms with E-state index in [2.05, 4.69) is 16.6 Å². The molecule has 0 amide bonds. The van der Waals surface area contributed by atoms with Crippen LogP contribution in [-0.4, -0.2) is 39.4 Å². The van der Waals surface area contributed by atoms with Gasteiger partial charge in [0.25, 0.3) is 0 Å². The number of hydrogen-bond donors (Lipinski definition) is 2. The van der Waals surface area contributed by atoms with Crippen LogP contribution in [0.1, 0.15) is 52.8 Å². The van der Waals surface area contributed by atoms with Crippen LogP contribution in [0.2, 0.25) is 0 Å². The summed E-state index contributed by atoms with van der Waals surface area (Å²) >= 11 is 2.98. The number of hydrogen-bond acceptors (Lipinski definition) is 6. The van der Waals surface area contributed by atoms with Gasteiger partial charge in [0.1, 0.15) is 4.88 Å². The van der Waals surface area contributed by atoms with Gasteiger partial charge in [-0.3, -0.25) is 4.79 Å². The molecule has 0 aliphatic heterocycles. The average molecular weight is 314 g/mol. The van der Waals surface area contributed by atoms with Crippen molar-refractivity contribution in [3.8, 4) is 0 Å². The van der Waals surface area contributed by atoms with E-state index in [1.807, 2.05) is 11.8 Å². The SMILES string of the molecule is CSC1(CNc2nc(C(=O)O)c(C(C)=O)s2)CCCC1. The number of nitrogens with zero attached hydrogens (tertiary/aromatic N) is 1. The van der Waals surface area contributed by atoms with Crippen LogP contribution in [0.3, 0.4) is 0 Å². The van der Waals surface area contributed by atoms with E-state index >= 15 is 0 Å². The summed E-state index contributed by atoms with van der Waals surface area (Å²) < 4.78 is 0.214. The molecule has 2 N–H and O–H groups in total. The molecule has 0 unspecified atom stereocenters. The van der Waals surface area contributed by atoms with Crippen molar-refractivity contribution in [2.75, 3.05) is 18.1 Å². The minimum Gasteiger partial charge on any atom is -0.476 e. The summed E-state index contributed by atoms with van der Waals surface area (Å²) in [7, 11) is 0. The van der Waals surface area contributed by atoms with Gasteiger partial charge in [-0.05, 0) is 19.1 Å². The Labute approximate surface area is 126 Å². The Hall–Kier alpha value is -1.08. The van der Waals surface area contributed by atoms with E-state index in [-0.39, 0.29) is 21.1 Å². The third-order valence-electron chi connectivity index (χ3n) is 3.66. The highest BCUT2D eigenvalue weighted by Crippen LogP contribution is 2.40. The number of anilines is 1. The Bertz CT molecular complexity index is 490. The molecule has 1 heterocycles. The lowest BCUT2D eigenvalue weighted by Crippen LogP contribution is -2.29. The molecule has 7 heteroatoms. The molecular formula is C13H18N2O3S2. The third-order valence-corrected chi connectivity index (χ3v) is 6.19. The molecule has 1 aromatic heterocycles. The third kappa shape index (κ3) is 3.15. The first kappa shape index (κ1) is 15.3. The number of rotatable bonds is 6. The number of aromatic nitrogens is 1. The van der Waals surface area contributed by atoms with Gasteiger partial charge < -0.3 is 10.4 Å². The minimum atomic E-state index is -1.15. The lowest BCUT2D eigenvalue weighted by Gasteiger charge is -2.26. The first-order valence-corrected chi connectivity index (χ1v) is 8.56. The smallest absolute Gasteiger partial charge is 0.356 e. The standard InChI is InChI=1S/C13H18N2O3S2/c1-8(16)10-9(11(17)18)15-12(20-10)14-7-13(19-2)5-3-4-6-13/h3-7H2,1-2H3,(H,14,15)(H,17,18). The number of ketones is 1. The fraction of sp³-hybridized carbons (Fsp3) is 0.615. The first-order chi connectivity index (χ1) is 9.47. The molecule has 20 heavy (non-hydrogen) atoms. The molecule has 0 spiro atoms. The van der Waals surface area contributed by atoms with Gasteiger partial charge in [-0.25, -0.2) is 9.78 Å². The van der Waals surface area contributed by atoms with Crippen LogP contribution < -0.4 is 5.32 Å². The molecule has 0 atom stereocenters. The van der Waals surface area contributed by atoms with Crippen molar-refractivity contribution in [1.29, 1.82) is 0 Å². The highest BCUT2D eigenvalue weighted by molar-refractivity contribution is 8.00. The number of thioether (sulfide) groups is 1. The lowest BCUT2D eigenvalue weighted by molar-refractivity contribution is 0.0687. The molecule has 1 fully saturated rings. The second-order valence-electron chi connectivity index (χ2n) is 5.01. The van der Waals surface area contributed by atoms with E-state index in [9.17, 15) is 9.59 Å². The Morgan fingerprint density at radius 1 is 1.45 bits per heavy atom. The Morgan fingerprint density at radius 2 is 2.10 bits per heavy atom.